The van der Waals surface area contributed by atoms with Gasteiger partial charge in [0, 0.05) is 18.1 Å². The van der Waals surface area contributed by atoms with Gasteiger partial charge in [-0.15, -0.1) is 11.3 Å². The average Bonchev–Trinajstić information content (AvgIpc) is 3.27. The summed E-state index contributed by atoms with van der Waals surface area (Å²) in [4.78, 5) is 24.3. The molecule has 0 aromatic carbocycles. The maximum atomic E-state index is 12.7. The molecule has 7 nitrogen and oxygen atoms in total. The first kappa shape index (κ1) is 18.5. The van der Waals surface area contributed by atoms with Gasteiger partial charge in [-0.25, -0.2) is 4.98 Å². The molecule has 0 aliphatic rings. The molecule has 0 unspecified atom stereocenters. The number of aryl methyl sites for hydroxylation is 1. The highest BCUT2D eigenvalue weighted by atomic mass is 35.5. The Kier molecular flexibility index (Phi) is 5.67. The highest BCUT2D eigenvalue weighted by molar-refractivity contribution is 7.09. The second-order valence-electron chi connectivity index (χ2n) is 5.69. The summed E-state index contributed by atoms with van der Waals surface area (Å²) in [5, 5.41) is 14.9. The number of aromatic nitrogens is 3. The molecule has 0 aliphatic carbocycles. The summed E-state index contributed by atoms with van der Waals surface area (Å²) in [5.74, 6) is -0.281. The number of thiazole rings is 1. The van der Waals surface area contributed by atoms with Crippen LogP contribution in [0.2, 0.25) is 5.02 Å². The summed E-state index contributed by atoms with van der Waals surface area (Å²) in [6.07, 6.45) is 1.55. The molecule has 0 bridgehead atoms. The SMILES string of the molecule is Cc1cc(-c2ccc(Cl)cn2)[nH]c1C(=O)N[C@@H](CN)c1csc(CO)n1. The van der Waals surface area contributed by atoms with Crippen LogP contribution in [0.25, 0.3) is 11.4 Å². The van der Waals surface area contributed by atoms with Crippen LogP contribution in [0.5, 0.6) is 0 Å². The molecule has 26 heavy (non-hydrogen) atoms. The maximum absolute atomic E-state index is 12.7. The third kappa shape index (κ3) is 3.94. The highest BCUT2D eigenvalue weighted by Gasteiger charge is 2.20. The largest absolute Gasteiger partial charge is 0.389 e. The first-order valence-electron chi connectivity index (χ1n) is 7.89. The second-order valence-corrected chi connectivity index (χ2v) is 7.07. The number of aromatic amines is 1. The summed E-state index contributed by atoms with van der Waals surface area (Å²) in [6, 6.07) is 4.95. The lowest BCUT2D eigenvalue weighted by Gasteiger charge is -2.14. The quantitative estimate of drug-likeness (QED) is 0.514. The van der Waals surface area contributed by atoms with Gasteiger partial charge in [0.2, 0.25) is 0 Å². The lowest BCUT2D eigenvalue weighted by Crippen LogP contribution is -2.34. The number of halogens is 1. The standard InChI is InChI=1S/C17H18ClN5O2S/c1-9-4-12(11-3-2-10(18)6-20-11)22-16(9)17(25)23-13(5-19)14-8-26-15(7-24)21-14/h2-4,6,8,13,22,24H,5,7,19H2,1H3,(H,23,25)/t13-/m0/s1. The van der Waals surface area contributed by atoms with E-state index in [1.54, 1.807) is 23.7 Å². The molecule has 3 aromatic rings. The molecule has 0 saturated heterocycles. The lowest BCUT2D eigenvalue weighted by atomic mass is 10.2. The fraction of sp³-hybridized carbons (Fsp3) is 0.235. The third-order valence-electron chi connectivity index (χ3n) is 3.85. The summed E-state index contributed by atoms with van der Waals surface area (Å²) < 4.78 is 0. The molecule has 0 fully saturated rings. The van der Waals surface area contributed by atoms with E-state index < -0.39 is 6.04 Å². The van der Waals surface area contributed by atoms with Crippen LogP contribution >= 0.6 is 22.9 Å². The van der Waals surface area contributed by atoms with Crippen molar-refractivity contribution < 1.29 is 9.90 Å². The van der Waals surface area contributed by atoms with Crippen molar-refractivity contribution >= 4 is 28.8 Å². The summed E-state index contributed by atoms with van der Waals surface area (Å²) in [7, 11) is 0. The first-order chi connectivity index (χ1) is 12.5. The van der Waals surface area contributed by atoms with Gasteiger partial charge >= 0.3 is 0 Å². The minimum absolute atomic E-state index is 0.136. The van der Waals surface area contributed by atoms with Gasteiger partial charge in [-0.2, -0.15) is 0 Å². The predicted molar refractivity (Wildman–Crippen MR) is 101 cm³/mol. The zero-order valence-electron chi connectivity index (χ0n) is 14.0. The normalized spacial score (nSPS) is 12.2. The zero-order valence-corrected chi connectivity index (χ0v) is 15.6. The van der Waals surface area contributed by atoms with Crippen LogP contribution in [0.4, 0.5) is 0 Å². The molecule has 0 saturated carbocycles. The molecule has 0 radical (unpaired) electrons. The number of nitrogens with two attached hydrogens (primary N) is 1. The van der Waals surface area contributed by atoms with E-state index in [9.17, 15) is 4.79 Å². The minimum atomic E-state index is -0.432. The van der Waals surface area contributed by atoms with Gasteiger partial charge in [0.1, 0.15) is 10.7 Å². The average molecular weight is 392 g/mol. The van der Waals surface area contributed by atoms with E-state index in [1.165, 1.54) is 11.3 Å². The van der Waals surface area contributed by atoms with Crippen molar-refractivity contribution in [3.05, 3.63) is 56.8 Å². The first-order valence-corrected chi connectivity index (χ1v) is 9.15. The van der Waals surface area contributed by atoms with Crippen molar-refractivity contribution in [1.29, 1.82) is 0 Å². The molecule has 9 heteroatoms. The van der Waals surface area contributed by atoms with Gasteiger partial charge in [0.15, 0.2) is 0 Å². The number of pyridine rings is 1. The van der Waals surface area contributed by atoms with Gasteiger partial charge in [-0.3, -0.25) is 9.78 Å². The van der Waals surface area contributed by atoms with Crippen molar-refractivity contribution in [2.75, 3.05) is 6.54 Å². The Morgan fingerprint density at radius 3 is 2.92 bits per heavy atom. The van der Waals surface area contributed by atoms with Gasteiger partial charge < -0.3 is 21.1 Å². The van der Waals surface area contributed by atoms with Gasteiger partial charge in [-0.1, -0.05) is 11.6 Å². The highest BCUT2D eigenvalue weighted by Crippen LogP contribution is 2.22. The van der Waals surface area contributed by atoms with Gasteiger partial charge in [0.25, 0.3) is 5.91 Å². The van der Waals surface area contributed by atoms with E-state index in [-0.39, 0.29) is 19.1 Å². The number of aliphatic hydroxyl groups is 1. The van der Waals surface area contributed by atoms with Crippen LogP contribution in [0.1, 0.15) is 32.8 Å². The van der Waals surface area contributed by atoms with E-state index >= 15 is 0 Å². The summed E-state index contributed by atoms with van der Waals surface area (Å²) >= 11 is 7.19. The van der Waals surface area contributed by atoms with Crippen molar-refractivity contribution in [2.45, 2.75) is 19.6 Å². The van der Waals surface area contributed by atoms with Crippen molar-refractivity contribution in [3.63, 3.8) is 0 Å². The molecule has 3 aromatic heterocycles. The molecule has 136 valence electrons. The van der Waals surface area contributed by atoms with E-state index in [0.29, 0.717) is 27.1 Å². The minimum Gasteiger partial charge on any atom is -0.389 e. The molecular formula is C17H18ClN5O2S. The van der Waals surface area contributed by atoms with Gasteiger partial charge in [0.05, 0.1) is 34.8 Å². The number of nitrogens with one attached hydrogen (secondary N) is 2. The molecule has 0 spiro atoms. The zero-order chi connectivity index (χ0) is 18.7. The predicted octanol–water partition coefficient (Wildman–Crippen LogP) is 2.42. The Morgan fingerprint density at radius 1 is 1.50 bits per heavy atom. The van der Waals surface area contributed by atoms with Crippen molar-refractivity contribution in [3.8, 4) is 11.4 Å². The van der Waals surface area contributed by atoms with Crippen LogP contribution in [0.15, 0.2) is 29.8 Å². The Bertz CT molecular complexity index is 906. The smallest absolute Gasteiger partial charge is 0.268 e. The number of amides is 1. The fourth-order valence-corrected chi connectivity index (χ4v) is 3.33. The number of hydrogen-bond donors (Lipinski definition) is 4. The van der Waals surface area contributed by atoms with E-state index in [4.69, 9.17) is 22.4 Å². The molecule has 3 rings (SSSR count). The molecule has 5 N–H and O–H groups in total. The number of H-pyrrole nitrogens is 1. The molecule has 3 heterocycles. The number of nitrogens with zero attached hydrogens (tertiary/aromatic N) is 2. The monoisotopic (exact) mass is 391 g/mol. The number of aliphatic hydroxyl groups excluding tert-OH is 1. The van der Waals surface area contributed by atoms with Crippen LogP contribution in [-0.2, 0) is 6.61 Å². The van der Waals surface area contributed by atoms with Crippen LogP contribution in [-0.4, -0.2) is 32.5 Å². The number of carbonyl (C=O) groups is 1. The molecular weight excluding hydrogens is 374 g/mol. The lowest BCUT2D eigenvalue weighted by molar-refractivity contribution is 0.0932. The maximum Gasteiger partial charge on any atom is 0.268 e. The number of rotatable bonds is 6. The van der Waals surface area contributed by atoms with Crippen LogP contribution < -0.4 is 11.1 Å². The Hall–Kier alpha value is -2.26. The molecule has 1 atom stereocenters. The van der Waals surface area contributed by atoms with Crippen molar-refractivity contribution in [2.24, 2.45) is 5.73 Å². The Labute approximate surface area is 159 Å². The summed E-state index contributed by atoms with van der Waals surface area (Å²) in [5.41, 5.74) is 9.07. The number of carbonyl (C=O) groups excluding carboxylic acids is 1. The second kappa shape index (κ2) is 7.96. The fourth-order valence-electron chi connectivity index (χ4n) is 2.51. The van der Waals surface area contributed by atoms with E-state index in [1.807, 2.05) is 13.0 Å². The van der Waals surface area contributed by atoms with Gasteiger partial charge in [-0.05, 0) is 30.7 Å². The van der Waals surface area contributed by atoms with Crippen LogP contribution in [0, 0.1) is 6.92 Å². The Morgan fingerprint density at radius 2 is 2.31 bits per heavy atom. The van der Waals surface area contributed by atoms with Crippen LogP contribution in [0.3, 0.4) is 0 Å². The molecule has 1 amide bonds. The van der Waals surface area contributed by atoms with E-state index in [2.05, 4.69) is 20.3 Å². The topological polar surface area (TPSA) is 117 Å². The third-order valence-corrected chi connectivity index (χ3v) is 4.92. The Balaban J connectivity index is 1.79. The van der Waals surface area contributed by atoms with E-state index in [0.717, 1.165) is 11.3 Å². The molecule has 0 aliphatic heterocycles. The summed E-state index contributed by atoms with van der Waals surface area (Å²) in [6.45, 7) is 1.91. The van der Waals surface area contributed by atoms with Crippen molar-refractivity contribution in [1.82, 2.24) is 20.3 Å². The number of hydrogen-bond acceptors (Lipinski definition) is 6.